The van der Waals surface area contributed by atoms with Crippen molar-refractivity contribution in [1.29, 1.82) is 0 Å². The van der Waals surface area contributed by atoms with E-state index in [9.17, 15) is 4.79 Å². The first-order valence-corrected chi connectivity index (χ1v) is 13.6. The highest BCUT2D eigenvalue weighted by atomic mass is 28.4. The largest absolute Gasteiger partial charge is 0.465 e. The number of ether oxygens (including phenoxy) is 1. The second kappa shape index (κ2) is 12.9. The predicted molar refractivity (Wildman–Crippen MR) is 121 cm³/mol. The summed E-state index contributed by atoms with van der Waals surface area (Å²) in [6.07, 6.45) is 8.04. The zero-order valence-corrected chi connectivity index (χ0v) is 19.8. The minimum Gasteiger partial charge on any atom is -0.465 e. The molecule has 0 spiro atoms. The summed E-state index contributed by atoms with van der Waals surface area (Å²) in [6.45, 7) is 11.3. The Balaban J connectivity index is 3.33. The maximum Gasteiger partial charge on any atom is 0.337 e. The highest BCUT2D eigenvalue weighted by Gasteiger charge is 2.33. The second-order valence-electron chi connectivity index (χ2n) is 7.53. The van der Waals surface area contributed by atoms with E-state index in [1.54, 1.807) is 0 Å². The molecule has 1 rings (SSSR count). The molecule has 0 N–H and O–H groups in total. The van der Waals surface area contributed by atoms with Crippen molar-refractivity contribution in [1.82, 2.24) is 0 Å². The van der Waals surface area contributed by atoms with Gasteiger partial charge >= 0.3 is 5.97 Å². The van der Waals surface area contributed by atoms with Crippen LogP contribution in [0.2, 0.25) is 18.1 Å². The van der Waals surface area contributed by atoms with E-state index in [1.165, 1.54) is 25.5 Å². The number of benzene rings is 1. The lowest BCUT2D eigenvalue weighted by molar-refractivity contribution is 0.0600. The van der Waals surface area contributed by atoms with Gasteiger partial charge in [-0.05, 0) is 60.7 Å². The first kappa shape index (κ1) is 24.6. The Morgan fingerprint density at radius 1 is 1.00 bits per heavy atom. The van der Waals surface area contributed by atoms with Crippen LogP contribution in [0.1, 0.15) is 88.7 Å². The molecule has 0 saturated heterocycles. The van der Waals surface area contributed by atoms with Crippen molar-refractivity contribution in [2.75, 3.05) is 7.11 Å². The fraction of sp³-hybridized carbons (Fsp3) is 0.625. The Bertz CT molecular complexity index is 595. The standard InChI is InChI=1S/C24H40O3Si/c1-7-12-14-20(15-13-8-2)23(27-28(9-3,10-4)11-5)21-16-18-22(19-17-21)24(25)26-6/h14,16-19,23H,7-13,15H2,1-6H3/b20-14-. The number of carbonyl (C=O) groups is 1. The van der Waals surface area contributed by atoms with Crippen molar-refractivity contribution in [2.24, 2.45) is 0 Å². The van der Waals surface area contributed by atoms with Crippen LogP contribution < -0.4 is 0 Å². The molecule has 0 aliphatic heterocycles. The molecule has 1 aromatic carbocycles. The highest BCUT2D eigenvalue weighted by molar-refractivity contribution is 6.73. The van der Waals surface area contributed by atoms with E-state index in [-0.39, 0.29) is 12.1 Å². The molecular formula is C24H40O3Si. The summed E-state index contributed by atoms with van der Waals surface area (Å²) in [6, 6.07) is 11.2. The third kappa shape index (κ3) is 6.89. The summed E-state index contributed by atoms with van der Waals surface area (Å²) >= 11 is 0. The molecule has 1 atom stereocenters. The van der Waals surface area contributed by atoms with Crippen LogP contribution in [0.3, 0.4) is 0 Å². The SMILES string of the molecule is CCC/C=C(/CCCC)C(O[Si](CC)(CC)CC)c1ccc(C(=O)OC)cc1. The molecule has 158 valence electrons. The Morgan fingerprint density at radius 3 is 2.07 bits per heavy atom. The number of unbranched alkanes of at least 4 members (excludes halogenated alkanes) is 2. The van der Waals surface area contributed by atoms with E-state index < -0.39 is 8.32 Å². The average Bonchev–Trinajstić information content (AvgIpc) is 2.75. The van der Waals surface area contributed by atoms with Crippen LogP contribution in [0.15, 0.2) is 35.9 Å². The van der Waals surface area contributed by atoms with Gasteiger partial charge in [-0.1, -0.05) is 65.7 Å². The number of esters is 1. The average molecular weight is 405 g/mol. The zero-order chi connectivity index (χ0) is 21.0. The minimum atomic E-state index is -1.78. The molecule has 0 radical (unpaired) electrons. The molecule has 0 fully saturated rings. The third-order valence-corrected chi connectivity index (χ3v) is 10.4. The first-order valence-electron chi connectivity index (χ1n) is 11.1. The van der Waals surface area contributed by atoms with Crippen LogP contribution in [-0.4, -0.2) is 21.4 Å². The van der Waals surface area contributed by atoms with Crippen LogP contribution in [0.5, 0.6) is 0 Å². The van der Waals surface area contributed by atoms with Crippen molar-refractivity contribution in [2.45, 2.75) is 91.0 Å². The molecule has 0 aromatic heterocycles. The number of hydrogen-bond donors (Lipinski definition) is 0. The van der Waals surface area contributed by atoms with Crippen LogP contribution >= 0.6 is 0 Å². The summed E-state index contributed by atoms with van der Waals surface area (Å²) in [7, 11) is -0.360. The molecule has 28 heavy (non-hydrogen) atoms. The van der Waals surface area contributed by atoms with Gasteiger partial charge in [-0.15, -0.1) is 0 Å². The fourth-order valence-electron chi connectivity index (χ4n) is 3.57. The lowest BCUT2D eigenvalue weighted by atomic mass is 9.95. The molecule has 0 amide bonds. The predicted octanol–water partition coefficient (Wildman–Crippen LogP) is 7.45. The smallest absolute Gasteiger partial charge is 0.337 e. The van der Waals surface area contributed by atoms with Crippen molar-refractivity contribution < 1.29 is 14.0 Å². The summed E-state index contributed by atoms with van der Waals surface area (Å²) in [5, 5.41) is 0. The summed E-state index contributed by atoms with van der Waals surface area (Å²) < 4.78 is 11.9. The van der Waals surface area contributed by atoms with E-state index in [2.05, 4.69) is 40.7 Å². The molecule has 0 bridgehead atoms. The summed E-state index contributed by atoms with van der Waals surface area (Å²) in [4.78, 5) is 11.8. The van der Waals surface area contributed by atoms with Gasteiger partial charge in [0.15, 0.2) is 8.32 Å². The van der Waals surface area contributed by atoms with Gasteiger partial charge in [0, 0.05) is 0 Å². The molecule has 0 heterocycles. The van der Waals surface area contributed by atoms with Crippen LogP contribution in [0, 0.1) is 0 Å². The van der Waals surface area contributed by atoms with E-state index in [4.69, 9.17) is 9.16 Å². The van der Waals surface area contributed by atoms with Crippen molar-refractivity contribution in [3.05, 3.63) is 47.0 Å². The van der Waals surface area contributed by atoms with Crippen molar-refractivity contribution >= 4 is 14.3 Å². The molecular weight excluding hydrogens is 364 g/mol. The zero-order valence-electron chi connectivity index (χ0n) is 18.8. The number of methoxy groups -OCH3 is 1. The molecule has 1 aromatic rings. The maximum absolute atomic E-state index is 11.8. The second-order valence-corrected chi connectivity index (χ2v) is 12.2. The van der Waals surface area contributed by atoms with Gasteiger partial charge in [0.25, 0.3) is 0 Å². The Kier molecular flexibility index (Phi) is 11.4. The van der Waals surface area contributed by atoms with Crippen LogP contribution in [0.25, 0.3) is 0 Å². The van der Waals surface area contributed by atoms with Gasteiger partial charge in [-0.3, -0.25) is 0 Å². The summed E-state index contributed by atoms with van der Waals surface area (Å²) in [5.74, 6) is -0.295. The van der Waals surface area contributed by atoms with E-state index >= 15 is 0 Å². The molecule has 3 nitrogen and oxygen atoms in total. The molecule has 0 aliphatic carbocycles. The molecule has 4 heteroatoms. The maximum atomic E-state index is 11.8. The van der Waals surface area contributed by atoms with Crippen molar-refractivity contribution in [3.8, 4) is 0 Å². The Labute approximate surface area is 173 Å². The molecule has 1 unspecified atom stereocenters. The molecule has 0 saturated carbocycles. The van der Waals surface area contributed by atoms with E-state index in [0.717, 1.165) is 43.0 Å². The lowest BCUT2D eigenvalue weighted by Crippen LogP contribution is -2.37. The van der Waals surface area contributed by atoms with Gasteiger partial charge in [-0.2, -0.15) is 0 Å². The lowest BCUT2D eigenvalue weighted by Gasteiger charge is -2.35. The van der Waals surface area contributed by atoms with E-state index in [1.807, 2.05) is 24.3 Å². The van der Waals surface area contributed by atoms with Crippen molar-refractivity contribution in [3.63, 3.8) is 0 Å². The van der Waals surface area contributed by atoms with Gasteiger partial charge in [-0.25, -0.2) is 4.79 Å². The van der Waals surface area contributed by atoms with Crippen LogP contribution in [0.4, 0.5) is 0 Å². The number of rotatable bonds is 13. The number of hydrogen-bond acceptors (Lipinski definition) is 3. The Morgan fingerprint density at radius 2 is 1.61 bits per heavy atom. The first-order chi connectivity index (χ1) is 13.5. The van der Waals surface area contributed by atoms with Gasteiger partial charge in [0.1, 0.15) is 0 Å². The summed E-state index contributed by atoms with van der Waals surface area (Å²) in [5.41, 5.74) is 3.14. The number of carbonyl (C=O) groups excluding carboxylic acids is 1. The highest BCUT2D eigenvalue weighted by Crippen LogP contribution is 2.36. The van der Waals surface area contributed by atoms with E-state index in [0.29, 0.717) is 5.56 Å². The topological polar surface area (TPSA) is 35.5 Å². The Hall–Kier alpha value is -1.39. The quantitative estimate of drug-likeness (QED) is 0.194. The van der Waals surface area contributed by atoms with Gasteiger partial charge in [0.2, 0.25) is 0 Å². The van der Waals surface area contributed by atoms with Crippen LogP contribution in [-0.2, 0) is 9.16 Å². The van der Waals surface area contributed by atoms with Gasteiger partial charge in [0.05, 0.1) is 18.8 Å². The molecule has 0 aliphatic rings. The van der Waals surface area contributed by atoms with Gasteiger partial charge < -0.3 is 9.16 Å². The monoisotopic (exact) mass is 404 g/mol. The minimum absolute atomic E-state index is 0.00341. The number of allylic oxidation sites excluding steroid dienone is 1. The normalized spacial score (nSPS) is 13.4. The third-order valence-electron chi connectivity index (χ3n) is 5.79. The fourth-order valence-corrected chi connectivity index (χ4v) is 6.36.